The molecule has 0 aromatic carbocycles. The second-order valence-corrected chi connectivity index (χ2v) is 2.90. The Labute approximate surface area is 72.3 Å². The summed E-state index contributed by atoms with van der Waals surface area (Å²) < 4.78 is 0. The molecule has 1 N–H and O–H groups in total. The monoisotopic (exact) mass is 167 g/mol. The van der Waals surface area contributed by atoms with Gasteiger partial charge in [0, 0.05) is 13.1 Å². The lowest BCUT2D eigenvalue weighted by atomic mass is 10.2. The first kappa shape index (κ1) is 9.01. The zero-order chi connectivity index (χ0) is 8.81. The Morgan fingerprint density at radius 3 is 2.67 bits per heavy atom. The van der Waals surface area contributed by atoms with Crippen molar-refractivity contribution in [1.82, 2.24) is 10.4 Å². The fourth-order valence-electron chi connectivity index (χ4n) is 1.29. The van der Waals surface area contributed by atoms with Gasteiger partial charge in [-0.05, 0) is 12.8 Å². The lowest BCUT2D eigenvalue weighted by Crippen LogP contribution is -2.45. The number of rotatable bonds is 2. The Balaban J connectivity index is 2.21. The summed E-state index contributed by atoms with van der Waals surface area (Å²) in [6.07, 6.45) is 3.52. The van der Waals surface area contributed by atoms with E-state index in [1.165, 1.54) is 6.42 Å². The molecule has 0 spiro atoms. The van der Waals surface area contributed by atoms with Crippen molar-refractivity contribution in [2.75, 3.05) is 19.6 Å². The predicted octanol–water partition coefficient (Wildman–Crippen LogP) is 0.423. The summed E-state index contributed by atoms with van der Waals surface area (Å²) >= 11 is 0. The van der Waals surface area contributed by atoms with Crippen molar-refractivity contribution in [2.45, 2.75) is 19.3 Å². The van der Waals surface area contributed by atoms with Gasteiger partial charge in [0.25, 0.3) is 6.54 Å². The molecular formula is C8H13N3O. The van der Waals surface area contributed by atoms with Crippen molar-refractivity contribution < 1.29 is 4.79 Å². The van der Waals surface area contributed by atoms with Gasteiger partial charge in [-0.25, -0.2) is 11.6 Å². The van der Waals surface area contributed by atoms with Crippen LogP contribution in [0, 0.1) is 6.57 Å². The van der Waals surface area contributed by atoms with Crippen LogP contribution in [0.1, 0.15) is 19.3 Å². The standard InChI is InChI=1S/C8H13N3O/c1-9-7-8(12)10-11-5-3-2-4-6-11/h2-7H2,(H,10,12). The maximum absolute atomic E-state index is 10.9. The second kappa shape index (κ2) is 4.73. The van der Waals surface area contributed by atoms with E-state index in [2.05, 4.69) is 10.3 Å². The van der Waals surface area contributed by atoms with Crippen molar-refractivity contribution in [3.63, 3.8) is 0 Å². The Kier molecular flexibility index (Phi) is 3.55. The second-order valence-electron chi connectivity index (χ2n) is 2.90. The number of amides is 1. The number of carbonyl (C=O) groups is 1. The van der Waals surface area contributed by atoms with Crippen molar-refractivity contribution in [2.24, 2.45) is 0 Å². The third kappa shape index (κ3) is 2.89. The molecule has 1 aliphatic rings. The minimum atomic E-state index is -0.188. The molecule has 0 bridgehead atoms. The Bertz CT molecular complexity index is 191. The van der Waals surface area contributed by atoms with Crippen LogP contribution in [0.15, 0.2) is 0 Å². The molecule has 1 saturated heterocycles. The minimum Gasteiger partial charge on any atom is -0.306 e. The van der Waals surface area contributed by atoms with E-state index in [-0.39, 0.29) is 12.5 Å². The van der Waals surface area contributed by atoms with Crippen molar-refractivity contribution in [3.8, 4) is 0 Å². The van der Waals surface area contributed by atoms with Crippen LogP contribution in [-0.2, 0) is 4.79 Å². The van der Waals surface area contributed by atoms with E-state index in [9.17, 15) is 4.79 Å². The van der Waals surface area contributed by atoms with Gasteiger partial charge in [0.15, 0.2) is 0 Å². The summed E-state index contributed by atoms with van der Waals surface area (Å²) in [4.78, 5) is 14.0. The topological polar surface area (TPSA) is 36.7 Å². The maximum Gasteiger partial charge on any atom is 0.314 e. The largest absolute Gasteiger partial charge is 0.314 e. The van der Waals surface area contributed by atoms with Gasteiger partial charge in [-0.2, -0.15) is 0 Å². The van der Waals surface area contributed by atoms with Crippen LogP contribution in [0.3, 0.4) is 0 Å². The number of nitrogens with zero attached hydrogens (tertiary/aromatic N) is 2. The zero-order valence-electron chi connectivity index (χ0n) is 7.05. The molecule has 0 radical (unpaired) electrons. The molecule has 1 aliphatic heterocycles. The van der Waals surface area contributed by atoms with E-state index in [1.54, 1.807) is 0 Å². The van der Waals surface area contributed by atoms with Gasteiger partial charge in [0.05, 0.1) is 0 Å². The van der Waals surface area contributed by atoms with Crippen LogP contribution in [0.4, 0.5) is 0 Å². The zero-order valence-corrected chi connectivity index (χ0v) is 7.05. The van der Waals surface area contributed by atoms with Gasteiger partial charge < -0.3 is 4.85 Å². The third-order valence-electron chi connectivity index (χ3n) is 1.86. The molecule has 0 unspecified atom stereocenters. The van der Waals surface area contributed by atoms with Gasteiger partial charge in [-0.3, -0.25) is 10.2 Å². The molecule has 66 valence electrons. The van der Waals surface area contributed by atoms with Crippen LogP contribution in [-0.4, -0.2) is 30.6 Å². The molecule has 0 atom stereocenters. The summed E-state index contributed by atoms with van der Waals surface area (Å²) in [5.74, 6) is -0.188. The summed E-state index contributed by atoms with van der Waals surface area (Å²) in [6, 6.07) is 0. The van der Waals surface area contributed by atoms with E-state index in [0.29, 0.717) is 0 Å². The van der Waals surface area contributed by atoms with E-state index in [4.69, 9.17) is 6.57 Å². The van der Waals surface area contributed by atoms with Crippen LogP contribution >= 0.6 is 0 Å². The van der Waals surface area contributed by atoms with Crippen LogP contribution in [0.25, 0.3) is 4.85 Å². The number of piperidine rings is 1. The molecule has 4 nitrogen and oxygen atoms in total. The molecular weight excluding hydrogens is 154 g/mol. The smallest absolute Gasteiger partial charge is 0.306 e. The fraction of sp³-hybridized carbons (Fsp3) is 0.750. The summed E-state index contributed by atoms with van der Waals surface area (Å²) in [7, 11) is 0. The molecule has 0 saturated carbocycles. The number of hydrogen-bond donors (Lipinski definition) is 1. The fourth-order valence-corrected chi connectivity index (χ4v) is 1.29. The lowest BCUT2D eigenvalue weighted by molar-refractivity contribution is -0.124. The molecule has 0 aromatic rings. The van der Waals surface area contributed by atoms with Crippen molar-refractivity contribution in [3.05, 3.63) is 11.4 Å². The first-order valence-corrected chi connectivity index (χ1v) is 4.20. The summed E-state index contributed by atoms with van der Waals surface area (Å²) in [5, 5.41) is 1.90. The number of nitrogens with one attached hydrogen (secondary N) is 1. The molecule has 12 heavy (non-hydrogen) atoms. The summed E-state index contributed by atoms with van der Waals surface area (Å²) in [6.45, 7) is 8.28. The van der Waals surface area contributed by atoms with Crippen molar-refractivity contribution in [1.29, 1.82) is 0 Å². The average molecular weight is 167 g/mol. The molecule has 0 aromatic heterocycles. The maximum atomic E-state index is 10.9. The number of hydrazine groups is 1. The van der Waals surface area contributed by atoms with Crippen LogP contribution in [0.2, 0.25) is 0 Å². The first-order chi connectivity index (χ1) is 5.83. The Morgan fingerprint density at radius 1 is 1.42 bits per heavy atom. The van der Waals surface area contributed by atoms with E-state index in [0.717, 1.165) is 25.9 Å². The highest BCUT2D eigenvalue weighted by atomic mass is 16.2. The van der Waals surface area contributed by atoms with Crippen LogP contribution < -0.4 is 5.43 Å². The minimum absolute atomic E-state index is 0.0590. The van der Waals surface area contributed by atoms with Crippen LogP contribution in [0.5, 0.6) is 0 Å². The summed E-state index contributed by atoms with van der Waals surface area (Å²) in [5.41, 5.74) is 2.70. The highest BCUT2D eigenvalue weighted by Crippen LogP contribution is 2.05. The normalized spacial score (nSPS) is 18.2. The molecule has 1 amide bonds. The molecule has 1 rings (SSSR count). The molecule has 0 aliphatic carbocycles. The van der Waals surface area contributed by atoms with Gasteiger partial charge in [-0.15, -0.1) is 0 Å². The quantitative estimate of drug-likeness (QED) is 0.605. The highest BCUT2D eigenvalue weighted by Gasteiger charge is 2.13. The number of hydrogen-bond acceptors (Lipinski definition) is 2. The first-order valence-electron chi connectivity index (χ1n) is 4.20. The SMILES string of the molecule is [C-]#[N+]CC(=O)NN1CCCCC1. The Morgan fingerprint density at radius 2 is 2.08 bits per heavy atom. The van der Waals surface area contributed by atoms with Gasteiger partial charge >= 0.3 is 5.91 Å². The Hall–Kier alpha value is -1.08. The van der Waals surface area contributed by atoms with E-state index >= 15 is 0 Å². The average Bonchev–Trinajstić information content (AvgIpc) is 2.06. The van der Waals surface area contributed by atoms with Gasteiger partial charge in [0.1, 0.15) is 0 Å². The van der Waals surface area contributed by atoms with E-state index < -0.39 is 0 Å². The number of carbonyl (C=O) groups excluding carboxylic acids is 1. The van der Waals surface area contributed by atoms with Gasteiger partial charge in [-0.1, -0.05) is 6.42 Å². The molecule has 1 fully saturated rings. The van der Waals surface area contributed by atoms with Crippen molar-refractivity contribution >= 4 is 5.91 Å². The molecule has 1 heterocycles. The predicted molar refractivity (Wildman–Crippen MR) is 45.0 cm³/mol. The third-order valence-corrected chi connectivity index (χ3v) is 1.86. The lowest BCUT2D eigenvalue weighted by Gasteiger charge is -2.25. The highest BCUT2D eigenvalue weighted by molar-refractivity contribution is 5.78. The molecule has 4 heteroatoms. The van der Waals surface area contributed by atoms with Gasteiger partial charge in [0.2, 0.25) is 0 Å². The van der Waals surface area contributed by atoms with E-state index in [1.807, 2.05) is 5.01 Å².